The van der Waals surface area contributed by atoms with Gasteiger partial charge in [-0.2, -0.15) is 0 Å². The summed E-state index contributed by atoms with van der Waals surface area (Å²) in [4.78, 5) is 4.30. The van der Waals surface area contributed by atoms with Crippen LogP contribution in [0.3, 0.4) is 0 Å². The third-order valence-electron chi connectivity index (χ3n) is 4.70. The Kier molecular flexibility index (Phi) is 5.91. The first kappa shape index (κ1) is 19.1. The van der Waals surface area contributed by atoms with E-state index < -0.39 is 0 Å². The summed E-state index contributed by atoms with van der Waals surface area (Å²) in [6, 6.07) is 5.77. The normalized spacial score (nSPS) is 18.9. The second-order valence-electron chi connectivity index (χ2n) is 6.13. The van der Waals surface area contributed by atoms with E-state index in [0.29, 0.717) is 28.9 Å². The van der Waals surface area contributed by atoms with Crippen molar-refractivity contribution in [1.82, 2.24) is 4.98 Å². The van der Waals surface area contributed by atoms with Crippen LogP contribution in [-0.2, 0) is 4.74 Å². The molecule has 3 rings (SSSR count). The molecule has 0 radical (unpaired) electrons. The monoisotopic (exact) mass is 375 g/mol. The number of hydrogen-bond acceptors (Lipinski definition) is 7. The lowest BCUT2D eigenvalue weighted by Crippen LogP contribution is -2.03. The quantitative estimate of drug-likeness (QED) is 0.730. The fourth-order valence-electron chi connectivity index (χ4n) is 3.34. The Balaban J connectivity index is 1.84. The summed E-state index contributed by atoms with van der Waals surface area (Å²) in [5, 5.41) is 0. The molecule has 2 aromatic rings. The predicted molar refractivity (Wildman–Crippen MR) is 99.2 cm³/mol. The zero-order valence-corrected chi connectivity index (χ0v) is 16.3. The van der Waals surface area contributed by atoms with Crippen molar-refractivity contribution in [2.75, 3.05) is 35.5 Å². The Morgan fingerprint density at radius 3 is 1.81 bits per heavy atom. The van der Waals surface area contributed by atoms with Gasteiger partial charge in [0.2, 0.25) is 5.75 Å². The van der Waals surface area contributed by atoms with Crippen LogP contribution in [0.4, 0.5) is 0 Å². The number of aromatic nitrogens is 1. The summed E-state index contributed by atoms with van der Waals surface area (Å²) in [6.07, 6.45) is 3.37. The van der Waals surface area contributed by atoms with Crippen molar-refractivity contribution in [2.24, 2.45) is 0 Å². The molecule has 7 heteroatoms. The summed E-state index contributed by atoms with van der Waals surface area (Å²) in [5.74, 6) is 2.86. The van der Waals surface area contributed by atoms with Crippen molar-refractivity contribution in [3.05, 3.63) is 35.5 Å². The highest BCUT2D eigenvalue weighted by molar-refractivity contribution is 5.54. The fraction of sp³-hybridized carbons (Fsp3) is 0.450. The van der Waals surface area contributed by atoms with Crippen molar-refractivity contribution in [2.45, 2.75) is 25.0 Å². The van der Waals surface area contributed by atoms with Crippen molar-refractivity contribution < 1.29 is 28.4 Å². The Hall–Kier alpha value is -2.67. The number of benzene rings is 1. The molecule has 1 aliphatic heterocycles. The van der Waals surface area contributed by atoms with Crippen molar-refractivity contribution in [1.29, 1.82) is 0 Å². The summed E-state index contributed by atoms with van der Waals surface area (Å²) in [7, 11) is 7.96. The van der Waals surface area contributed by atoms with Crippen molar-refractivity contribution in [3.63, 3.8) is 0 Å². The maximum Gasteiger partial charge on any atom is 0.256 e. The van der Waals surface area contributed by atoms with E-state index in [4.69, 9.17) is 28.4 Å². The molecule has 1 aromatic carbocycles. The van der Waals surface area contributed by atoms with Gasteiger partial charge >= 0.3 is 0 Å². The molecule has 0 saturated carbocycles. The molecule has 0 amide bonds. The first-order valence-electron chi connectivity index (χ1n) is 8.68. The van der Waals surface area contributed by atoms with Crippen molar-refractivity contribution in [3.8, 4) is 28.9 Å². The molecule has 0 bridgehead atoms. The van der Waals surface area contributed by atoms with Crippen LogP contribution < -0.4 is 23.7 Å². The van der Waals surface area contributed by atoms with E-state index in [2.05, 4.69) is 4.98 Å². The molecular weight excluding hydrogens is 350 g/mol. The van der Waals surface area contributed by atoms with E-state index in [9.17, 15) is 0 Å². The highest BCUT2D eigenvalue weighted by Crippen LogP contribution is 2.46. The van der Waals surface area contributed by atoms with Gasteiger partial charge in [-0.15, -0.1) is 0 Å². The van der Waals surface area contributed by atoms with E-state index >= 15 is 0 Å². The number of methoxy groups -OCH3 is 5. The van der Waals surface area contributed by atoms with Crippen LogP contribution >= 0.6 is 0 Å². The van der Waals surface area contributed by atoms with E-state index in [1.807, 2.05) is 18.2 Å². The molecule has 1 aromatic heterocycles. The van der Waals surface area contributed by atoms with Gasteiger partial charge in [-0.25, -0.2) is 4.98 Å². The minimum Gasteiger partial charge on any atom is -0.493 e. The fourth-order valence-corrected chi connectivity index (χ4v) is 3.34. The Morgan fingerprint density at radius 2 is 1.30 bits per heavy atom. The standard InChI is InChI=1S/C20H25NO6/c1-22-16-8-12(9-17(23-2)19(16)25-4)14-6-7-15(27-14)13-10-18(24-3)20(26-5)21-11-13/h8-11,14-15H,6-7H2,1-5H3. The Bertz CT molecular complexity index is 769. The topological polar surface area (TPSA) is 68.3 Å². The van der Waals surface area contributed by atoms with Gasteiger partial charge in [-0.05, 0) is 36.6 Å². The summed E-state index contributed by atoms with van der Waals surface area (Å²) < 4.78 is 33.1. The van der Waals surface area contributed by atoms with E-state index in [0.717, 1.165) is 24.0 Å². The molecule has 7 nitrogen and oxygen atoms in total. The molecule has 0 spiro atoms. The molecule has 146 valence electrons. The van der Waals surface area contributed by atoms with Crippen LogP contribution in [0, 0.1) is 0 Å². The molecule has 0 N–H and O–H groups in total. The number of pyridine rings is 1. The molecule has 2 atom stereocenters. The van der Waals surface area contributed by atoms with Crippen molar-refractivity contribution >= 4 is 0 Å². The first-order valence-corrected chi connectivity index (χ1v) is 8.68. The van der Waals surface area contributed by atoms with Gasteiger partial charge in [-0.3, -0.25) is 0 Å². The average Bonchev–Trinajstić information content (AvgIpc) is 3.22. The minimum absolute atomic E-state index is 0.0682. The van der Waals surface area contributed by atoms with Gasteiger partial charge in [0, 0.05) is 11.8 Å². The summed E-state index contributed by atoms with van der Waals surface area (Å²) >= 11 is 0. The number of rotatable bonds is 7. The molecule has 2 heterocycles. The van der Waals surface area contributed by atoms with Gasteiger partial charge < -0.3 is 28.4 Å². The van der Waals surface area contributed by atoms with Gasteiger partial charge in [-0.1, -0.05) is 0 Å². The first-order chi connectivity index (χ1) is 13.1. The molecular formula is C20H25NO6. The highest BCUT2D eigenvalue weighted by atomic mass is 16.5. The van der Waals surface area contributed by atoms with Gasteiger partial charge in [0.1, 0.15) is 0 Å². The average molecular weight is 375 g/mol. The molecule has 0 aliphatic carbocycles. The van der Waals surface area contributed by atoms with Crippen LogP contribution in [0.5, 0.6) is 28.9 Å². The molecule has 1 fully saturated rings. The largest absolute Gasteiger partial charge is 0.493 e. The van der Waals surface area contributed by atoms with Crippen LogP contribution in [0.2, 0.25) is 0 Å². The predicted octanol–water partition coefficient (Wildman–Crippen LogP) is 3.72. The third-order valence-corrected chi connectivity index (χ3v) is 4.70. The molecule has 1 saturated heterocycles. The maximum absolute atomic E-state index is 6.29. The summed E-state index contributed by atoms with van der Waals surface area (Å²) in [6.45, 7) is 0. The molecule has 2 unspecified atom stereocenters. The third kappa shape index (κ3) is 3.73. The Labute approximate surface area is 159 Å². The number of nitrogens with zero attached hydrogens (tertiary/aromatic N) is 1. The highest BCUT2D eigenvalue weighted by Gasteiger charge is 2.30. The number of ether oxygens (including phenoxy) is 6. The van der Waals surface area contributed by atoms with E-state index in [-0.39, 0.29) is 12.2 Å². The second kappa shape index (κ2) is 8.35. The van der Waals surface area contributed by atoms with E-state index in [1.165, 1.54) is 0 Å². The number of hydrogen-bond donors (Lipinski definition) is 0. The maximum atomic E-state index is 6.29. The van der Waals surface area contributed by atoms with Crippen LogP contribution in [-0.4, -0.2) is 40.5 Å². The zero-order chi connectivity index (χ0) is 19.4. The van der Waals surface area contributed by atoms with Crippen LogP contribution in [0.1, 0.15) is 36.2 Å². The Morgan fingerprint density at radius 1 is 0.741 bits per heavy atom. The smallest absolute Gasteiger partial charge is 0.256 e. The zero-order valence-electron chi connectivity index (χ0n) is 16.3. The van der Waals surface area contributed by atoms with Gasteiger partial charge in [0.25, 0.3) is 5.88 Å². The van der Waals surface area contributed by atoms with Crippen LogP contribution in [0.15, 0.2) is 24.4 Å². The lowest BCUT2D eigenvalue weighted by atomic mass is 10.0. The lowest BCUT2D eigenvalue weighted by Gasteiger charge is -2.18. The van der Waals surface area contributed by atoms with Gasteiger partial charge in [0.05, 0.1) is 47.8 Å². The lowest BCUT2D eigenvalue weighted by molar-refractivity contribution is 0.0434. The van der Waals surface area contributed by atoms with Gasteiger partial charge in [0.15, 0.2) is 17.2 Å². The van der Waals surface area contributed by atoms with E-state index in [1.54, 1.807) is 41.7 Å². The SMILES string of the molecule is COc1cc(C2CCC(c3cc(OC)c(OC)c(OC)c3)O2)cnc1OC. The minimum atomic E-state index is -0.0724. The molecule has 1 aliphatic rings. The second-order valence-corrected chi connectivity index (χ2v) is 6.13. The summed E-state index contributed by atoms with van der Waals surface area (Å²) in [5.41, 5.74) is 1.95. The van der Waals surface area contributed by atoms with Crippen LogP contribution in [0.25, 0.3) is 0 Å². The molecule has 27 heavy (non-hydrogen) atoms.